The van der Waals surface area contributed by atoms with Gasteiger partial charge < -0.3 is 9.47 Å². The Hall–Kier alpha value is -1.70. The van der Waals surface area contributed by atoms with Crippen LogP contribution in [0.15, 0.2) is 6.20 Å². The number of carbonyl (C=O) groups excluding carboxylic acids is 1. The summed E-state index contributed by atoms with van der Waals surface area (Å²) in [6, 6.07) is 0. The van der Waals surface area contributed by atoms with E-state index in [1.165, 1.54) is 27.3 Å². The molecule has 8 heteroatoms. The summed E-state index contributed by atoms with van der Waals surface area (Å²) in [5, 5.41) is -1.20. The molecule has 1 aromatic heterocycles. The number of rotatable bonds is 5. The minimum absolute atomic E-state index is 0.0603. The van der Waals surface area contributed by atoms with Crippen LogP contribution in [0.5, 0.6) is 11.8 Å². The molecule has 0 bridgehead atoms. The lowest BCUT2D eigenvalue weighted by atomic mass is 10.2. The summed E-state index contributed by atoms with van der Waals surface area (Å²) in [4.78, 5) is 19.7. The van der Waals surface area contributed by atoms with Crippen LogP contribution in [0.1, 0.15) is 17.4 Å². The SMILES string of the molecule is COc1cnc(C(=O)C(C)S(C)(=O)=O)c(OC)n1. The molecule has 0 amide bonds. The first-order valence-electron chi connectivity index (χ1n) is 4.99. The average Bonchev–Trinajstić information content (AvgIpc) is 2.35. The molecule has 1 unspecified atom stereocenters. The molecular formula is C10H14N2O5S. The highest BCUT2D eigenvalue weighted by molar-refractivity contribution is 7.92. The molecule has 0 saturated carbocycles. The Morgan fingerprint density at radius 3 is 2.39 bits per heavy atom. The van der Waals surface area contributed by atoms with Gasteiger partial charge in [0.25, 0.3) is 0 Å². The summed E-state index contributed by atoms with van der Waals surface area (Å²) in [5.74, 6) is -0.547. The smallest absolute Gasteiger partial charge is 0.246 e. The van der Waals surface area contributed by atoms with E-state index < -0.39 is 20.9 Å². The number of ether oxygens (including phenoxy) is 2. The van der Waals surface area contributed by atoms with Crippen LogP contribution in [0, 0.1) is 0 Å². The molecular weight excluding hydrogens is 260 g/mol. The van der Waals surface area contributed by atoms with E-state index in [4.69, 9.17) is 9.47 Å². The Bertz CT molecular complexity index is 555. The first kappa shape index (κ1) is 14.4. The normalized spacial score (nSPS) is 12.9. The predicted molar refractivity (Wildman–Crippen MR) is 63.8 cm³/mol. The average molecular weight is 274 g/mol. The number of sulfone groups is 1. The minimum Gasteiger partial charge on any atom is -0.480 e. The molecule has 0 aliphatic heterocycles. The zero-order chi connectivity index (χ0) is 13.9. The van der Waals surface area contributed by atoms with Crippen LogP contribution in [0.4, 0.5) is 0 Å². The van der Waals surface area contributed by atoms with Gasteiger partial charge >= 0.3 is 0 Å². The highest BCUT2D eigenvalue weighted by atomic mass is 32.2. The van der Waals surface area contributed by atoms with Gasteiger partial charge in [-0.1, -0.05) is 0 Å². The largest absolute Gasteiger partial charge is 0.480 e. The summed E-state index contributed by atoms with van der Waals surface area (Å²) in [6.07, 6.45) is 2.21. The van der Waals surface area contributed by atoms with Crippen molar-refractivity contribution in [3.05, 3.63) is 11.9 Å². The third-order valence-corrected chi connectivity index (χ3v) is 3.86. The van der Waals surface area contributed by atoms with Crippen molar-refractivity contribution in [1.82, 2.24) is 9.97 Å². The molecule has 0 aliphatic rings. The van der Waals surface area contributed by atoms with E-state index in [2.05, 4.69) is 9.97 Å². The van der Waals surface area contributed by atoms with E-state index in [1.54, 1.807) is 0 Å². The fourth-order valence-electron chi connectivity index (χ4n) is 1.15. The molecule has 100 valence electrons. The number of aromatic nitrogens is 2. The Balaban J connectivity index is 3.21. The summed E-state index contributed by atoms with van der Waals surface area (Å²) in [6.45, 7) is 1.29. The predicted octanol–water partition coefficient (Wildman–Crippen LogP) is 0.110. The Morgan fingerprint density at radius 1 is 1.33 bits per heavy atom. The topological polar surface area (TPSA) is 95.5 Å². The van der Waals surface area contributed by atoms with E-state index in [9.17, 15) is 13.2 Å². The van der Waals surface area contributed by atoms with Crippen molar-refractivity contribution in [1.29, 1.82) is 0 Å². The molecule has 1 atom stereocenters. The van der Waals surface area contributed by atoms with Crippen LogP contribution in [-0.4, -0.2) is 49.9 Å². The van der Waals surface area contributed by atoms with Gasteiger partial charge in [-0.15, -0.1) is 0 Å². The van der Waals surface area contributed by atoms with Crippen molar-refractivity contribution < 1.29 is 22.7 Å². The summed E-state index contributed by atoms with van der Waals surface area (Å²) in [7, 11) is -0.791. The van der Waals surface area contributed by atoms with Crippen molar-refractivity contribution in [2.45, 2.75) is 12.2 Å². The van der Waals surface area contributed by atoms with Crippen LogP contribution in [-0.2, 0) is 9.84 Å². The van der Waals surface area contributed by atoms with Crippen LogP contribution in [0.2, 0.25) is 0 Å². The molecule has 1 aromatic rings. The van der Waals surface area contributed by atoms with Gasteiger partial charge in [0.05, 0.1) is 20.4 Å². The second-order valence-corrected chi connectivity index (χ2v) is 5.97. The molecule has 0 aromatic carbocycles. The highest BCUT2D eigenvalue weighted by Gasteiger charge is 2.29. The van der Waals surface area contributed by atoms with Gasteiger partial charge in [-0.2, -0.15) is 4.98 Å². The van der Waals surface area contributed by atoms with Gasteiger partial charge in [0, 0.05) is 6.26 Å². The van der Waals surface area contributed by atoms with Crippen molar-refractivity contribution in [2.24, 2.45) is 0 Å². The monoisotopic (exact) mass is 274 g/mol. The molecule has 0 aliphatic carbocycles. The van der Waals surface area contributed by atoms with Crippen molar-refractivity contribution in [3.8, 4) is 11.8 Å². The van der Waals surface area contributed by atoms with E-state index in [0.29, 0.717) is 0 Å². The molecule has 18 heavy (non-hydrogen) atoms. The van der Waals surface area contributed by atoms with Crippen LogP contribution < -0.4 is 9.47 Å². The zero-order valence-corrected chi connectivity index (χ0v) is 11.3. The lowest BCUT2D eigenvalue weighted by Crippen LogP contribution is -2.27. The van der Waals surface area contributed by atoms with Crippen molar-refractivity contribution in [3.63, 3.8) is 0 Å². The van der Waals surface area contributed by atoms with Gasteiger partial charge in [-0.25, -0.2) is 13.4 Å². The number of Topliss-reactive ketones (excluding diaryl/α,β-unsaturated/α-hetero) is 1. The summed E-state index contributed by atoms with van der Waals surface area (Å²) < 4.78 is 32.4. The maximum absolute atomic E-state index is 12.0. The van der Waals surface area contributed by atoms with E-state index in [0.717, 1.165) is 6.26 Å². The number of ketones is 1. The Labute approximate surface area is 105 Å². The van der Waals surface area contributed by atoms with Crippen molar-refractivity contribution in [2.75, 3.05) is 20.5 Å². The molecule has 1 rings (SSSR count). The van der Waals surface area contributed by atoms with E-state index in [1.807, 2.05) is 0 Å². The molecule has 0 radical (unpaired) electrons. The lowest BCUT2D eigenvalue weighted by Gasteiger charge is -2.10. The summed E-state index contributed by atoms with van der Waals surface area (Å²) >= 11 is 0. The number of hydrogen-bond donors (Lipinski definition) is 0. The van der Waals surface area contributed by atoms with Crippen LogP contribution in [0.3, 0.4) is 0 Å². The maximum atomic E-state index is 12.0. The first-order chi connectivity index (χ1) is 8.31. The van der Waals surface area contributed by atoms with E-state index in [-0.39, 0.29) is 17.5 Å². The zero-order valence-electron chi connectivity index (χ0n) is 10.5. The fraction of sp³-hybridized carbons (Fsp3) is 0.500. The van der Waals surface area contributed by atoms with Gasteiger partial charge in [0.1, 0.15) is 5.25 Å². The quantitative estimate of drug-likeness (QED) is 0.703. The maximum Gasteiger partial charge on any atom is 0.246 e. The third kappa shape index (κ3) is 2.95. The standard InChI is InChI=1S/C10H14N2O5S/c1-6(18(4,14)15)9(13)8-10(17-3)12-7(16-2)5-11-8/h5-6H,1-4H3. The fourth-order valence-corrected chi connectivity index (χ4v) is 1.65. The Morgan fingerprint density at radius 2 is 1.94 bits per heavy atom. The molecule has 0 spiro atoms. The van der Waals surface area contributed by atoms with Gasteiger partial charge in [0.15, 0.2) is 15.5 Å². The van der Waals surface area contributed by atoms with Crippen molar-refractivity contribution >= 4 is 15.6 Å². The molecule has 1 heterocycles. The van der Waals surface area contributed by atoms with Gasteiger partial charge in [-0.05, 0) is 6.92 Å². The second-order valence-electron chi connectivity index (χ2n) is 3.61. The molecule has 7 nitrogen and oxygen atoms in total. The molecule has 0 saturated heterocycles. The minimum atomic E-state index is -3.49. The van der Waals surface area contributed by atoms with Crippen LogP contribution in [0.25, 0.3) is 0 Å². The second kappa shape index (κ2) is 5.30. The highest BCUT2D eigenvalue weighted by Crippen LogP contribution is 2.19. The third-order valence-electron chi connectivity index (χ3n) is 2.37. The number of methoxy groups -OCH3 is 2. The van der Waals surface area contributed by atoms with Gasteiger partial charge in [0.2, 0.25) is 17.5 Å². The van der Waals surface area contributed by atoms with Crippen LogP contribution >= 0.6 is 0 Å². The summed E-state index contributed by atoms with van der Waals surface area (Å²) in [5.41, 5.74) is -0.128. The van der Waals surface area contributed by atoms with Gasteiger partial charge in [-0.3, -0.25) is 4.79 Å². The number of nitrogens with zero attached hydrogens (tertiary/aromatic N) is 2. The molecule has 0 N–H and O–H groups in total. The Kier molecular flexibility index (Phi) is 4.23. The first-order valence-corrected chi connectivity index (χ1v) is 6.94. The number of carbonyl (C=O) groups is 1. The molecule has 0 fully saturated rings. The lowest BCUT2D eigenvalue weighted by molar-refractivity contribution is 0.0982. The number of hydrogen-bond acceptors (Lipinski definition) is 7. The van der Waals surface area contributed by atoms with E-state index >= 15 is 0 Å².